The number of esters is 1. The van der Waals surface area contributed by atoms with E-state index < -0.39 is 11.9 Å². The molecule has 3 rings (SSSR count). The molecule has 1 aromatic heterocycles. The highest BCUT2D eigenvalue weighted by atomic mass is 79.9. The number of rotatable bonds is 6. The van der Waals surface area contributed by atoms with Gasteiger partial charge in [-0.3, -0.25) is 4.79 Å². The van der Waals surface area contributed by atoms with Gasteiger partial charge in [-0.15, -0.1) is 0 Å². The van der Waals surface area contributed by atoms with Crippen molar-refractivity contribution in [3.63, 3.8) is 0 Å². The monoisotopic (exact) mass is 491 g/mol. The van der Waals surface area contributed by atoms with E-state index in [1.54, 1.807) is 37.3 Å². The Labute approximate surface area is 195 Å². The summed E-state index contributed by atoms with van der Waals surface area (Å²) in [4.78, 5) is 24.4. The fourth-order valence-corrected chi connectivity index (χ4v) is 3.59. The number of nitrogens with zero attached hydrogens (tertiary/aromatic N) is 2. The SMILES string of the molecule is CCOC(=O)c1ccc(NC(=O)/C(C#N)=C/c2cc(C)n(-c3ccc(Br)cc3)c2C)cc1. The Hall–Kier alpha value is -3.63. The lowest BCUT2D eigenvalue weighted by molar-refractivity contribution is -0.112. The number of carbonyl (C=O) groups excluding carboxylic acids is 2. The molecule has 0 fully saturated rings. The molecule has 162 valence electrons. The number of aryl methyl sites for hydroxylation is 1. The third kappa shape index (κ3) is 5.16. The van der Waals surface area contributed by atoms with Gasteiger partial charge in [0.2, 0.25) is 0 Å². The van der Waals surface area contributed by atoms with E-state index in [0.29, 0.717) is 11.3 Å². The molecule has 0 saturated carbocycles. The van der Waals surface area contributed by atoms with Gasteiger partial charge in [0.1, 0.15) is 11.6 Å². The van der Waals surface area contributed by atoms with Gasteiger partial charge in [-0.25, -0.2) is 4.79 Å². The zero-order valence-corrected chi connectivity index (χ0v) is 19.6. The van der Waals surface area contributed by atoms with Gasteiger partial charge < -0.3 is 14.6 Å². The maximum Gasteiger partial charge on any atom is 0.338 e. The van der Waals surface area contributed by atoms with Crippen molar-refractivity contribution in [2.45, 2.75) is 20.8 Å². The molecule has 0 spiro atoms. The maximum absolute atomic E-state index is 12.7. The summed E-state index contributed by atoms with van der Waals surface area (Å²) >= 11 is 3.44. The number of aromatic nitrogens is 1. The molecule has 32 heavy (non-hydrogen) atoms. The summed E-state index contributed by atoms with van der Waals surface area (Å²) in [7, 11) is 0. The van der Waals surface area contributed by atoms with Crippen LogP contribution in [0.15, 0.2) is 64.6 Å². The Morgan fingerprint density at radius 3 is 2.38 bits per heavy atom. The van der Waals surface area contributed by atoms with Crippen LogP contribution in [0.25, 0.3) is 11.8 Å². The second-order valence-corrected chi connectivity index (χ2v) is 7.98. The molecule has 0 aliphatic heterocycles. The van der Waals surface area contributed by atoms with Gasteiger partial charge in [-0.1, -0.05) is 15.9 Å². The number of amides is 1. The Morgan fingerprint density at radius 1 is 1.12 bits per heavy atom. The van der Waals surface area contributed by atoms with Crippen molar-refractivity contribution in [2.75, 3.05) is 11.9 Å². The molecule has 6 nitrogen and oxygen atoms in total. The zero-order valence-electron chi connectivity index (χ0n) is 18.0. The van der Waals surface area contributed by atoms with Crippen LogP contribution in [0.2, 0.25) is 0 Å². The molecule has 3 aromatic rings. The highest BCUT2D eigenvalue weighted by Crippen LogP contribution is 2.24. The number of nitrogens with one attached hydrogen (secondary N) is 1. The quantitative estimate of drug-likeness (QED) is 0.277. The Bertz CT molecular complexity index is 1220. The normalized spacial score (nSPS) is 11.0. The van der Waals surface area contributed by atoms with Crippen molar-refractivity contribution in [1.29, 1.82) is 5.26 Å². The van der Waals surface area contributed by atoms with Gasteiger partial charge >= 0.3 is 5.97 Å². The zero-order chi connectivity index (χ0) is 23.3. The molecule has 1 N–H and O–H groups in total. The first-order chi connectivity index (χ1) is 15.3. The third-order valence-electron chi connectivity index (χ3n) is 4.87. The van der Waals surface area contributed by atoms with Gasteiger partial charge in [0, 0.05) is 27.2 Å². The van der Waals surface area contributed by atoms with Crippen LogP contribution in [0.4, 0.5) is 5.69 Å². The second-order valence-electron chi connectivity index (χ2n) is 7.06. The smallest absolute Gasteiger partial charge is 0.338 e. The van der Waals surface area contributed by atoms with E-state index >= 15 is 0 Å². The third-order valence-corrected chi connectivity index (χ3v) is 5.40. The number of anilines is 1. The summed E-state index contributed by atoms with van der Waals surface area (Å²) in [5.74, 6) is -0.950. The molecule has 0 saturated heterocycles. The fraction of sp³-hybridized carbons (Fsp3) is 0.160. The first-order valence-corrected chi connectivity index (χ1v) is 10.8. The van der Waals surface area contributed by atoms with Crippen LogP contribution in [0.1, 0.15) is 34.2 Å². The van der Waals surface area contributed by atoms with Crippen molar-refractivity contribution in [3.8, 4) is 11.8 Å². The van der Waals surface area contributed by atoms with Crippen LogP contribution >= 0.6 is 15.9 Å². The number of hydrogen-bond donors (Lipinski definition) is 1. The van der Waals surface area contributed by atoms with Gasteiger partial charge in [0.15, 0.2) is 0 Å². The van der Waals surface area contributed by atoms with Crippen molar-refractivity contribution >= 4 is 39.6 Å². The van der Waals surface area contributed by atoms with Crippen LogP contribution in [-0.4, -0.2) is 23.1 Å². The second kappa shape index (κ2) is 10.1. The predicted molar refractivity (Wildman–Crippen MR) is 128 cm³/mol. The Balaban J connectivity index is 1.82. The molecule has 0 unspecified atom stereocenters. The molecular formula is C25H22BrN3O3. The largest absolute Gasteiger partial charge is 0.462 e. The molecule has 0 radical (unpaired) electrons. The molecule has 1 amide bonds. The summed E-state index contributed by atoms with van der Waals surface area (Å²) in [5.41, 5.74) is 4.54. The lowest BCUT2D eigenvalue weighted by Gasteiger charge is -2.10. The topological polar surface area (TPSA) is 84.1 Å². The number of hydrogen-bond acceptors (Lipinski definition) is 4. The number of halogens is 1. The minimum absolute atomic E-state index is 0.0180. The number of carbonyl (C=O) groups is 2. The van der Waals surface area contributed by atoms with Gasteiger partial charge in [-0.05, 0) is 87.0 Å². The molecule has 1 heterocycles. The van der Waals surface area contributed by atoms with E-state index in [2.05, 4.69) is 25.8 Å². The summed E-state index contributed by atoms with van der Waals surface area (Å²) in [6.07, 6.45) is 1.58. The Kier molecular flexibility index (Phi) is 7.29. The predicted octanol–water partition coefficient (Wildman–Crippen LogP) is 5.58. The minimum Gasteiger partial charge on any atom is -0.462 e. The van der Waals surface area contributed by atoms with Crippen LogP contribution in [0.5, 0.6) is 0 Å². The standard InChI is InChI=1S/C25H22BrN3O3/c1-4-32-25(31)18-5-9-22(10-6-18)28-24(30)20(15-27)14-19-13-16(2)29(17(19)3)23-11-7-21(26)8-12-23/h5-14H,4H2,1-3H3,(H,28,30)/b20-14+. The summed E-state index contributed by atoms with van der Waals surface area (Å²) < 4.78 is 8.01. The van der Waals surface area contributed by atoms with E-state index in [-0.39, 0.29) is 12.2 Å². The van der Waals surface area contributed by atoms with E-state index in [1.165, 1.54) is 0 Å². The van der Waals surface area contributed by atoms with Crippen molar-refractivity contribution in [3.05, 3.63) is 87.2 Å². The van der Waals surface area contributed by atoms with Crippen LogP contribution < -0.4 is 5.32 Å². The van der Waals surface area contributed by atoms with E-state index in [4.69, 9.17) is 4.74 Å². The minimum atomic E-state index is -0.523. The van der Waals surface area contributed by atoms with E-state index in [1.807, 2.05) is 50.2 Å². The first-order valence-electron chi connectivity index (χ1n) is 9.99. The highest BCUT2D eigenvalue weighted by molar-refractivity contribution is 9.10. The van der Waals surface area contributed by atoms with Crippen molar-refractivity contribution in [2.24, 2.45) is 0 Å². The van der Waals surface area contributed by atoms with Crippen molar-refractivity contribution < 1.29 is 14.3 Å². The summed E-state index contributed by atoms with van der Waals surface area (Å²) in [5, 5.41) is 12.3. The molecule has 0 atom stereocenters. The molecule has 0 aliphatic carbocycles. The van der Waals surface area contributed by atoms with Gasteiger partial charge in [-0.2, -0.15) is 5.26 Å². The molecule has 2 aromatic carbocycles. The van der Waals surface area contributed by atoms with E-state index in [0.717, 1.165) is 27.1 Å². The van der Waals surface area contributed by atoms with Gasteiger partial charge in [0.05, 0.1) is 12.2 Å². The maximum atomic E-state index is 12.7. The average molecular weight is 492 g/mol. The Morgan fingerprint density at radius 2 is 1.78 bits per heavy atom. The van der Waals surface area contributed by atoms with E-state index in [9.17, 15) is 14.9 Å². The number of nitriles is 1. The summed E-state index contributed by atoms with van der Waals surface area (Å²) in [6, 6.07) is 18.2. The lowest BCUT2D eigenvalue weighted by atomic mass is 10.1. The molecular weight excluding hydrogens is 470 g/mol. The first kappa shape index (κ1) is 23.0. The van der Waals surface area contributed by atoms with Crippen molar-refractivity contribution in [1.82, 2.24) is 4.57 Å². The molecule has 7 heteroatoms. The molecule has 0 aliphatic rings. The molecule has 0 bridgehead atoms. The summed E-state index contributed by atoms with van der Waals surface area (Å²) in [6.45, 7) is 5.94. The van der Waals surface area contributed by atoms with Crippen LogP contribution in [0.3, 0.4) is 0 Å². The lowest BCUT2D eigenvalue weighted by Crippen LogP contribution is -2.13. The average Bonchev–Trinajstić information content (AvgIpc) is 3.06. The number of benzene rings is 2. The van der Waals surface area contributed by atoms with Crippen LogP contribution in [0, 0.1) is 25.2 Å². The highest BCUT2D eigenvalue weighted by Gasteiger charge is 2.14. The number of ether oxygens (including phenoxy) is 1. The van der Waals surface area contributed by atoms with Gasteiger partial charge in [0.25, 0.3) is 5.91 Å². The fourth-order valence-electron chi connectivity index (χ4n) is 3.33. The van der Waals surface area contributed by atoms with Crippen LogP contribution in [-0.2, 0) is 9.53 Å².